The molecule has 0 saturated carbocycles. The molecule has 0 aliphatic carbocycles. The Kier molecular flexibility index (Phi) is 53.2. The van der Waals surface area contributed by atoms with Gasteiger partial charge in [-0.25, -0.2) is 0 Å². The summed E-state index contributed by atoms with van der Waals surface area (Å²) in [5.74, 6) is -1.40. The summed E-state index contributed by atoms with van der Waals surface area (Å²) in [6.07, 6.45) is 80.2. The number of unbranched alkanes of at least 4 members (excludes halogenated alkanes) is 51. The quantitative estimate of drug-likeness (QED) is 0.0358. The second kappa shape index (κ2) is 55.8. The number of carbonyl (C=O) groups excluding carboxylic acids is 2. The third-order valence-electron chi connectivity index (χ3n) is 16.3. The fraction of sp³-hybridized carbons (Fsp3) is 0.939. The van der Waals surface area contributed by atoms with E-state index in [1.807, 2.05) is 0 Å². The number of hydrogen-bond acceptors (Lipinski definition) is 6. The Balaban J connectivity index is 1.68. The van der Waals surface area contributed by atoms with Crippen LogP contribution in [0.5, 0.6) is 0 Å². The molecule has 0 bridgehead atoms. The van der Waals surface area contributed by atoms with Gasteiger partial charge in [-0.2, -0.15) is 0 Å². The highest BCUT2D eigenvalue weighted by Gasteiger charge is 2.36. The van der Waals surface area contributed by atoms with Crippen molar-refractivity contribution in [3.8, 4) is 0 Å². The van der Waals surface area contributed by atoms with E-state index in [1.54, 1.807) is 0 Å². The van der Waals surface area contributed by atoms with Crippen molar-refractivity contribution in [2.24, 2.45) is 11.3 Å². The van der Waals surface area contributed by atoms with E-state index in [0.29, 0.717) is 6.42 Å². The van der Waals surface area contributed by atoms with Crippen LogP contribution in [0, 0.1) is 11.3 Å². The molecule has 1 saturated heterocycles. The van der Waals surface area contributed by atoms with Gasteiger partial charge in [0.15, 0.2) is 0 Å². The highest BCUT2D eigenvalue weighted by atomic mass is 16.6. The van der Waals surface area contributed by atoms with Gasteiger partial charge in [-0.1, -0.05) is 334 Å². The lowest BCUT2D eigenvalue weighted by Crippen LogP contribution is -2.40. The molecule has 1 fully saturated rings. The van der Waals surface area contributed by atoms with Gasteiger partial charge in [0.25, 0.3) is 0 Å². The van der Waals surface area contributed by atoms with E-state index in [1.165, 1.54) is 321 Å². The Hall–Kier alpha value is -1.40. The predicted molar refractivity (Wildman–Crippen MR) is 311 cm³/mol. The minimum absolute atomic E-state index is 0.00231. The maximum absolute atomic E-state index is 12.5. The molecule has 426 valence electrons. The van der Waals surface area contributed by atoms with Gasteiger partial charge in [0.2, 0.25) is 0 Å². The van der Waals surface area contributed by atoms with E-state index >= 15 is 0 Å². The first kappa shape index (κ1) is 68.6. The first-order valence-electron chi connectivity index (χ1n) is 32.8. The molecule has 1 aliphatic rings. The molecule has 0 aromatic carbocycles. The summed E-state index contributed by atoms with van der Waals surface area (Å²) < 4.78 is 10.6. The molecule has 0 aromatic rings. The van der Waals surface area contributed by atoms with E-state index in [4.69, 9.17) is 9.47 Å². The number of esters is 2. The average molecular weight is 1020 g/mol. The van der Waals surface area contributed by atoms with Crippen LogP contribution in [0.4, 0.5) is 0 Å². The van der Waals surface area contributed by atoms with Gasteiger partial charge in [0.05, 0.1) is 31.0 Å². The summed E-state index contributed by atoms with van der Waals surface area (Å²) in [6, 6.07) is 0. The maximum atomic E-state index is 12.5. The number of carbonyl (C=O) groups is 2. The summed E-state index contributed by atoms with van der Waals surface area (Å²) in [7, 11) is 0. The lowest BCUT2D eigenvalue weighted by molar-refractivity contribution is -0.155. The van der Waals surface area contributed by atoms with Gasteiger partial charge in [-0.15, -0.1) is 0 Å². The number of rotatable bonds is 57. The van der Waals surface area contributed by atoms with E-state index in [2.05, 4.69) is 19.1 Å². The minimum atomic E-state index is -1.12. The number of hydrogen-bond donors (Lipinski definition) is 2. The third kappa shape index (κ3) is 47.1. The zero-order chi connectivity index (χ0) is 51.8. The van der Waals surface area contributed by atoms with Gasteiger partial charge >= 0.3 is 11.9 Å². The number of allylic oxidation sites excluding steroid dienone is 2. The van der Waals surface area contributed by atoms with Crippen molar-refractivity contribution in [3.05, 3.63) is 12.2 Å². The lowest BCUT2D eigenvalue weighted by Gasteiger charge is -2.27. The Morgan fingerprint density at radius 2 is 0.597 bits per heavy atom. The zero-order valence-corrected chi connectivity index (χ0v) is 48.5. The Morgan fingerprint density at radius 1 is 0.361 bits per heavy atom. The fourth-order valence-corrected chi connectivity index (χ4v) is 10.9. The second-order valence-electron chi connectivity index (χ2n) is 23.5. The van der Waals surface area contributed by atoms with Gasteiger partial charge in [-0.3, -0.25) is 9.59 Å². The molecule has 1 aliphatic heterocycles. The third-order valence-corrected chi connectivity index (χ3v) is 16.3. The number of cyclic esters (lactones) is 2. The highest BCUT2D eigenvalue weighted by molar-refractivity contribution is 5.80. The first-order valence-corrected chi connectivity index (χ1v) is 32.8. The molecule has 1 rings (SSSR count). The van der Waals surface area contributed by atoms with Crippen molar-refractivity contribution in [3.63, 3.8) is 0 Å². The molecule has 0 radical (unpaired) electrons. The summed E-state index contributed by atoms with van der Waals surface area (Å²) in [5, 5.41) is 19.2. The highest BCUT2D eigenvalue weighted by Crippen LogP contribution is 2.25. The molecule has 1 unspecified atom stereocenters. The van der Waals surface area contributed by atoms with Crippen molar-refractivity contribution < 1.29 is 29.3 Å². The number of aliphatic hydroxyl groups is 2. The van der Waals surface area contributed by atoms with Crippen LogP contribution < -0.4 is 0 Å². The van der Waals surface area contributed by atoms with Crippen molar-refractivity contribution in [2.75, 3.05) is 26.4 Å². The molecule has 0 amide bonds. The average Bonchev–Trinajstić information content (AvgIpc) is 3.45. The summed E-state index contributed by atoms with van der Waals surface area (Å²) in [5.41, 5.74) is -1.12. The van der Waals surface area contributed by atoms with E-state index in [9.17, 15) is 19.8 Å². The molecule has 6 heteroatoms. The second-order valence-corrected chi connectivity index (χ2v) is 23.5. The molecule has 2 N–H and O–H groups in total. The first-order chi connectivity index (χ1) is 35.6. The Bertz CT molecular complexity index is 1130. The monoisotopic (exact) mass is 1010 g/mol. The molecule has 0 spiro atoms. The summed E-state index contributed by atoms with van der Waals surface area (Å²) in [4.78, 5) is 24.7. The standard InChI is InChI=1S/C66H126O6/c1-2-3-4-5-6-7-8-9-10-11-12-13-14-15-16-17-18-19-20-21-22-23-24-25-26-27-28-29-30-31-32-33-34-35-36-37-38-39-40-41-42-43-44-45-46-47-48-49-50-51-52-53-54-55-56-57-63-58-64(69)71-61-66(59-67,60-68)62-72-65(63)70/h42-43,63,67-68H,2-41,44-62H2,1H3/b43-42+. The molecule has 0 aromatic heterocycles. The molecular weight excluding hydrogens is 889 g/mol. The van der Waals surface area contributed by atoms with Gasteiger partial charge in [-0.05, 0) is 32.1 Å². The maximum Gasteiger partial charge on any atom is 0.309 e. The lowest BCUT2D eigenvalue weighted by atomic mass is 9.92. The van der Waals surface area contributed by atoms with Gasteiger partial charge < -0.3 is 19.7 Å². The van der Waals surface area contributed by atoms with Crippen LogP contribution in [0.2, 0.25) is 0 Å². The van der Waals surface area contributed by atoms with Crippen LogP contribution in [0.25, 0.3) is 0 Å². The smallest absolute Gasteiger partial charge is 0.309 e. The number of aliphatic hydroxyl groups excluding tert-OH is 2. The fourth-order valence-electron chi connectivity index (χ4n) is 10.9. The van der Waals surface area contributed by atoms with Crippen LogP contribution >= 0.6 is 0 Å². The van der Waals surface area contributed by atoms with Crippen molar-refractivity contribution in [2.45, 2.75) is 360 Å². The Morgan fingerprint density at radius 3 is 0.861 bits per heavy atom. The SMILES string of the molecule is CCCCCCCCCCCCCCCCCCCCCCCCCCCCCCCCCCCCCCCCC/C=C/CCCCCCCCCCCCCCC1CC(=O)OCC(CO)(CO)COC1=O. The normalized spacial score (nSPS) is 15.2. The summed E-state index contributed by atoms with van der Waals surface area (Å²) >= 11 is 0. The topological polar surface area (TPSA) is 93.1 Å². The largest absolute Gasteiger partial charge is 0.465 e. The van der Waals surface area contributed by atoms with Crippen LogP contribution in [-0.4, -0.2) is 48.6 Å². The molecular formula is C66H126O6. The van der Waals surface area contributed by atoms with Crippen LogP contribution in [0.1, 0.15) is 360 Å². The van der Waals surface area contributed by atoms with E-state index < -0.39 is 36.5 Å². The molecule has 6 nitrogen and oxygen atoms in total. The van der Waals surface area contributed by atoms with Crippen molar-refractivity contribution in [1.82, 2.24) is 0 Å². The van der Waals surface area contributed by atoms with E-state index in [0.717, 1.165) is 19.3 Å². The van der Waals surface area contributed by atoms with Crippen molar-refractivity contribution >= 4 is 11.9 Å². The Labute approximate surface area is 449 Å². The van der Waals surface area contributed by atoms with Crippen LogP contribution in [0.15, 0.2) is 12.2 Å². The van der Waals surface area contributed by atoms with Crippen LogP contribution in [-0.2, 0) is 19.1 Å². The molecule has 72 heavy (non-hydrogen) atoms. The predicted octanol–water partition coefficient (Wildman–Crippen LogP) is 20.7. The number of ether oxygens (including phenoxy) is 2. The minimum Gasteiger partial charge on any atom is -0.465 e. The van der Waals surface area contributed by atoms with Gasteiger partial charge in [0.1, 0.15) is 13.2 Å². The van der Waals surface area contributed by atoms with Crippen molar-refractivity contribution in [1.29, 1.82) is 0 Å². The van der Waals surface area contributed by atoms with E-state index in [-0.39, 0.29) is 19.6 Å². The van der Waals surface area contributed by atoms with Gasteiger partial charge in [0, 0.05) is 0 Å². The molecule has 1 heterocycles. The zero-order valence-electron chi connectivity index (χ0n) is 48.5. The van der Waals surface area contributed by atoms with Crippen LogP contribution in [0.3, 0.4) is 0 Å². The molecule has 1 atom stereocenters. The summed E-state index contributed by atoms with van der Waals surface area (Å²) in [6.45, 7) is 1.21.